The number of carbonyl (C=O) groups excluding carboxylic acids is 1. The van der Waals surface area contributed by atoms with Crippen molar-refractivity contribution in [3.8, 4) is 17.2 Å². The highest BCUT2D eigenvalue weighted by molar-refractivity contribution is 6.12. The van der Waals surface area contributed by atoms with Gasteiger partial charge in [-0.05, 0) is 25.3 Å². The molecule has 0 bridgehead atoms. The van der Waals surface area contributed by atoms with E-state index in [1.165, 1.54) is 25.9 Å². The summed E-state index contributed by atoms with van der Waals surface area (Å²) in [7, 11) is 4.45. The highest BCUT2D eigenvalue weighted by Gasteiger charge is 2.29. The molecular formula is C23H26N4O6. The fraction of sp³-hybridized carbons (Fsp3) is 0.391. The Hall–Kier alpha value is -3.82. The number of ether oxygens (including phenoxy) is 3. The van der Waals surface area contributed by atoms with Crippen molar-refractivity contribution in [2.24, 2.45) is 0 Å². The summed E-state index contributed by atoms with van der Waals surface area (Å²) < 4.78 is 17.4. The van der Waals surface area contributed by atoms with Gasteiger partial charge in [-0.1, -0.05) is 6.92 Å². The molecule has 3 aromatic rings. The van der Waals surface area contributed by atoms with Crippen molar-refractivity contribution in [2.75, 3.05) is 26.6 Å². The topological polar surface area (TPSA) is 125 Å². The fourth-order valence-electron chi connectivity index (χ4n) is 3.84. The van der Waals surface area contributed by atoms with Gasteiger partial charge in [-0.3, -0.25) is 19.1 Å². The number of benzene rings is 1. The van der Waals surface area contributed by atoms with Gasteiger partial charge in [0.15, 0.2) is 17.1 Å². The lowest BCUT2D eigenvalue weighted by molar-refractivity contribution is 0.102. The van der Waals surface area contributed by atoms with Crippen LogP contribution in [0.15, 0.2) is 27.8 Å². The predicted octanol–water partition coefficient (Wildman–Crippen LogP) is 2.65. The number of carbonyl (C=O) groups is 1. The number of hydrogen-bond acceptors (Lipinski definition) is 7. The molecule has 10 nitrogen and oxygen atoms in total. The Balaban J connectivity index is 1.86. The van der Waals surface area contributed by atoms with Gasteiger partial charge in [0, 0.05) is 36.0 Å². The van der Waals surface area contributed by atoms with Crippen LogP contribution < -0.4 is 30.8 Å². The molecule has 2 heterocycles. The zero-order valence-electron chi connectivity index (χ0n) is 19.0. The molecule has 0 saturated heterocycles. The standard InChI is InChI=1S/C23H26N4O6/c1-5-8-27-20-18(22(29)26-23(27)30)14(11-15(25-20)12-6-7-12)21(28)24-13-9-16(31-2)19(33-4)17(10-13)32-3/h9-12H,5-8H2,1-4H3,(H,24,28)(H,26,29,30). The summed E-state index contributed by atoms with van der Waals surface area (Å²) in [5, 5.41) is 2.89. The average Bonchev–Trinajstić information content (AvgIpc) is 3.65. The molecule has 1 fully saturated rings. The van der Waals surface area contributed by atoms with E-state index >= 15 is 0 Å². The number of nitrogens with one attached hydrogen (secondary N) is 2. The van der Waals surface area contributed by atoms with Crippen LogP contribution in [0.1, 0.15) is 48.2 Å². The number of aromatic amines is 1. The molecule has 1 aliphatic carbocycles. The van der Waals surface area contributed by atoms with Crippen molar-refractivity contribution in [3.63, 3.8) is 0 Å². The van der Waals surface area contributed by atoms with Gasteiger partial charge in [0.2, 0.25) is 5.75 Å². The molecule has 33 heavy (non-hydrogen) atoms. The van der Waals surface area contributed by atoms with E-state index in [0.29, 0.717) is 41.6 Å². The van der Waals surface area contributed by atoms with Crippen molar-refractivity contribution in [2.45, 2.75) is 38.6 Å². The minimum absolute atomic E-state index is 0.0809. The third kappa shape index (κ3) is 4.15. The zero-order valence-corrected chi connectivity index (χ0v) is 19.0. The van der Waals surface area contributed by atoms with E-state index in [1.807, 2.05) is 6.92 Å². The number of amides is 1. The first kappa shape index (κ1) is 22.4. The van der Waals surface area contributed by atoms with Crippen LogP contribution in [0, 0.1) is 0 Å². The van der Waals surface area contributed by atoms with E-state index in [9.17, 15) is 14.4 Å². The van der Waals surface area contributed by atoms with Crippen molar-refractivity contribution in [1.82, 2.24) is 14.5 Å². The summed E-state index contributed by atoms with van der Waals surface area (Å²) in [4.78, 5) is 45.5. The molecule has 1 aromatic carbocycles. The van der Waals surface area contributed by atoms with E-state index < -0.39 is 17.2 Å². The average molecular weight is 454 g/mol. The number of H-pyrrole nitrogens is 1. The van der Waals surface area contributed by atoms with Crippen LogP contribution in [0.5, 0.6) is 17.2 Å². The van der Waals surface area contributed by atoms with Gasteiger partial charge in [0.25, 0.3) is 11.5 Å². The maximum Gasteiger partial charge on any atom is 0.329 e. The molecule has 0 atom stereocenters. The first-order valence-corrected chi connectivity index (χ1v) is 10.7. The number of nitrogens with zero attached hydrogens (tertiary/aromatic N) is 2. The lowest BCUT2D eigenvalue weighted by atomic mass is 10.1. The van der Waals surface area contributed by atoms with Crippen molar-refractivity contribution in [3.05, 3.63) is 50.3 Å². The minimum atomic E-state index is -0.646. The molecule has 0 aliphatic heterocycles. The Bertz CT molecular complexity index is 1310. The van der Waals surface area contributed by atoms with E-state index in [4.69, 9.17) is 14.2 Å². The second-order valence-corrected chi connectivity index (χ2v) is 7.85. The van der Waals surface area contributed by atoms with Gasteiger partial charge in [0.1, 0.15) is 0 Å². The van der Waals surface area contributed by atoms with Crippen molar-refractivity contribution < 1.29 is 19.0 Å². The first-order chi connectivity index (χ1) is 15.9. The first-order valence-electron chi connectivity index (χ1n) is 10.7. The molecular weight excluding hydrogens is 428 g/mol. The summed E-state index contributed by atoms with van der Waals surface area (Å²) in [6.45, 7) is 2.30. The largest absolute Gasteiger partial charge is 0.493 e. The molecule has 0 spiro atoms. The Morgan fingerprint density at radius 1 is 1.12 bits per heavy atom. The second kappa shape index (κ2) is 8.97. The summed E-state index contributed by atoms with van der Waals surface area (Å²) in [6, 6.07) is 4.84. The number of hydrogen-bond donors (Lipinski definition) is 2. The third-order valence-corrected chi connectivity index (χ3v) is 5.58. The van der Waals surface area contributed by atoms with Gasteiger partial charge in [-0.2, -0.15) is 0 Å². The van der Waals surface area contributed by atoms with E-state index in [1.54, 1.807) is 18.2 Å². The molecule has 1 amide bonds. The van der Waals surface area contributed by atoms with E-state index in [0.717, 1.165) is 12.8 Å². The van der Waals surface area contributed by atoms with Crippen LogP contribution in [0.4, 0.5) is 5.69 Å². The monoisotopic (exact) mass is 454 g/mol. The number of methoxy groups -OCH3 is 3. The molecule has 4 rings (SSSR count). The SMILES string of the molecule is CCCn1c(=O)[nH]c(=O)c2c(C(=O)Nc3cc(OC)c(OC)c(OC)c3)cc(C3CC3)nc21. The third-order valence-electron chi connectivity index (χ3n) is 5.58. The van der Waals surface area contributed by atoms with Crippen LogP contribution >= 0.6 is 0 Å². The number of anilines is 1. The summed E-state index contributed by atoms with van der Waals surface area (Å²) >= 11 is 0. The molecule has 1 aliphatic rings. The van der Waals surface area contributed by atoms with Crippen molar-refractivity contribution in [1.29, 1.82) is 0 Å². The molecule has 2 aromatic heterocycles. The highest BCUT2D eigenvalue weighted by Crippen LogP contribution is 2.41. The highest BCUT2D eigenvalue weighted by atomic mass is 16.5. The number of fused-ring (bicyclic) bond motifs is 1. The molecule has 0 unspecified atom stereocenters. The van der Waals surface area contributed by atoms with Crippen LogP contribution in [-0.4, -0.2) is 41.8 Å². The minimum Gasteiger partial charge on any atom is -0.493 e. The smallest absolute Gasteiger partial charge is 0.329 e. The van der Waals surface area contributed by atoms with E-state index in [-0.39, 0.29) is 22.5 Å². The van der Waals surface area contributed by atoms with Gasteiger partial charge in [0.05, 0.1) is 32.3 Å². The predicted molar refractivity (Wildman–Crippen MR) is 123 cm³/mol. The molecule has 0 radical (unpaired) electrons. The Labute approximate surface area is 189 Å². The molecule has 174 valence electrons. The summed E-state index contributed by atoms with van der Waals surface area (Å²) in [5.74, 6) is 0.848. The van der Waals surface area contributed by atoms with Gasteiger partial charge in [-0.25, -0.2) is 9.78 Å². The van der Waals surface area contributed by atoms with Crippen LogP contribution in [-0.2, 0) is 6.54 Å². The van der Waals surface area contributed by atoms with Crippen LogP contribution in [0.25, 0.3) is 11.0 Å². The van der Waals surface area contributed by atoms with Crippen LogP contribution in [0.2, 0.25) is 0 Å². The number of aryl methyl sites for hydroxylation is 1. The molecule has 2 N–H and O–H groups in total. The van der Waals surface area contributed by atoms with Gasteiger partial charge in [-0.15, -0.1) is 0 Å². The second-order valence-electron chi connectivity index (χ2n) is 7.85. The number of rotatable bonds is 8. The zero-order chi connectivity index (χ0) is 23.7. The normalized spacial score (nSPS) is 13.1. The van der Waals surface area contributed by atoms with E-state index in [2.05, 4.69) is 15.3 Å². The maximum absolute atomic E-state index is 13.4. The van der Waals surface area contributed by atoms with Crippen LogP contribution in [0.3, 0.4) is 0 Å². The maximum atomic E-state index is 13.4. The van der Waals surface area contributed by atoms with Crippen molar-refractivity contribution >= 4 is 22.6 Å². The molecule has 1 saturated carbocycles. The summed E-state index contributed by atoms with van der Waals surface area (Å²) in [6.07, 6.45) is 2.57. The fourth-order valence-corrected chi connectivity index (χ4v) is 3.84. The summed E-state index contributed by atoms with van der Waals surface area (Å²) in [5.41, 5.74) is 0.294. The lowest BCUT2D eigenvalue weighted by Crippen LogP contribution is -2.32. The molecule has 10 heteroatoms. The quantitative estimate of drug-likeness (QED) is 0.536. The van der Waals surface area contributed by atoms with Gasteiger partial charge >= 0.3 is 5.69 Å². The van der Waals surface area contributed by atoms with Gasteiger partial charge < -0.3 is 19.5 Å². The Kier molecular flexibility index (Phi) is 6.08. The Morgan fingerprint density at radius 2 is 1.79 bits per heavy atom. The Morgan fingerprint density at radius 3 is 2.33 bits per heavy atom. The number of aromatic nitrogens is 3. The number of pyridine rings is 1. The lowest BCUT2D eigenvalue weighted by Gasteiger charge is -2.16.